The van der Waals surface area contributed by atoms with Crippen molar-refractivity contribution in [2.45, 2.75) is 36.9 Å². The fraction of sp³-hybridized carbons (Fsp3) is 0.438. The van der Waals surface area contributed by atoms with Crippen molar-refractivity contribution in [1.29, 1.82) is 0 Å². The Hall–Kier alpha value is -1.42. The van der Waals surface area contributed by atoms with Gasteiger partial charge in [0.05, 0.1) is 5.25 Å². The van der Waals surface area contributed by atoms with E-state index in [1.807, 2.05) is 24.2 Å². The van der Waals surface area contributed by atoms with Gasteiger partial charge in [0.1, 0.15) is 0 Å². The molecule has 2 aliphatic heterocycles. The zero-order chi connectivity index (χ0) is 13.5. The summed E-state index contributed by atoms with van der Waals surface area (Å²) in [6.45, 7) is 0. The highest BCUT2D eigenvalue weighted by Crippen LogP contribution is 2.47. The molecule has 1 saturated heterocycles. The van der Waals surface area contributed by atoms with Crippen molar-refractivity contribution in [1.82, 2.24) is 4.98 Å². The van der Waals surface area contributed by atoms with Gasteiger partial charge >= 0.3 is 0 Å². The van der Waals surface area contributed by atoms with Crippen LogP contribution in [0.3, 0.4) is 0 Å². The summed E-state index contributed by atoms with van der Waals surface area (Å²) >= 11 is 1.95. The number of pyridine rings is 1. The van der Waals surface area contributed by atoms with Gasteiger partial charge in [-0.1, -0.05) is 0 Å². The number of hydrogen-bond donors (Lipinski definition) is 0. The number of ketones is 1. The van der Waals surface area contributed by atoms with Crippen molar-refractivity contribution in [3.05, 3.63) is 41.4 Å². The second kappa shape index (κ2) is 4.85. The predicted molar refractivity (Wildman–Crippen MR) is 81.2 cm³/mol. The molecule has 1 aromatic heterocycles. The van der Waals surface area contributed by atoms with E-state index < -0.39 is 0 Å². The number of aliphatic imine (C=N–C) groups is 1. The van der Waals surface area contributed by atoms with Gasteiger partial charge in [-0.3, -0.25) is 14.8 Å². The van der Waals surface area contributed by atoms with Crippen molar-refractivity contribution in [2.75, 3.05) is 5.75 Å². The molecule has 0 spiro atoms. The normalized spacial score (nSPS) is 29.0. The number of thioether (sulfide) groups is 1. The standard InChI is InChI=1S/C16H16N2OS/c19-13-3-1-2-11-15(13)14(10-4-7-17-8-5-10)16-12(18-11)6-9-20-16/h4-5,7-8,14,16H,1-3,6,9H2. The van der Waals surface area contributed by atoms with E-state index in [4.69, 9.17) is 4.99 Å². The lowest BCUT2D eigenvalue weighted by molar-refractivity contribution is -0.116. The van der Waals surface area contributed by atoms with Gasteiger partial charge in [-0.25, -0.2) is 0 Å². The number of nitrogens with zero attached hydrogens (tertiary/aromatic N) is 2. The molecule has 4 rings (SSSR count). The van der Waals surface area contributed by atoms with Gasteiger partial charge in [0.15, 0.2) is 5.78 Å². The van der Waals surface area contributed by atoms with Crippen molar-refractivity contribution < 1.29 is 4.79 Å². The van der Waals surface area contributed by atoms with E-state index in [1.54, 1.807) is 0 Å². The first-order valence-electron chi connectivity index (χ1n) is 7.20. The highest BCUT2D eigenvalue weighted by atomic mass is 32.2. The minimum Gasteiger partial charge on any atom is -0.294 e. The number of Topliss-reactive ketones (excluding diaryl/α,β-unsaturated/α-hetero) is 1. The molecule has 3 nitrogen and oxygen atoms in total. The summed E-state index contributed by atoms with van der Waals surface area (Å²) < 4.78 is 0. The quantitative estimate of drug-likeness (QED) is 0.795. The molecule has 0 N–H and O–H groups in total. The molecule has 0 aromatic carbocycles. The number of aromatic nitrogens is 1. The average molecular weight is 284 g/mol. The Morgan fingerprint density at radius 2 is 2.00 bits per heavy atom. The minimum atomic E-state index is 0.195. The van der Waals surface area contributed by atoms with Gasteiger partial charge in [-0.15, -0.1) is 0 Å². The van der Waals surface area contributed by atoms with Crippen molar-refractivity contribution in [3.63, 3.8) is 0 Å². The highest BCUT2D eigenvalue weighted by Gasteiger charge is 2.42. The van der Waals surface area contributed by atoms with Crippen LogP contribution in [0.4, 0.5) is 0 Å². The molecule has 1 aromatic rings. The number of hydrogen-bond acceptors (Lipinski definition) is 4. The molecule has 1 fully saturated rings. The van der Waals surface area contributed by atoms with Crippen LogP contribution in [0, 0.1) is 0 Å². The Labute approximate surface area is 122 Å². The lowest BCUT2D eigenvalue weighted by atomic mass is 9.77. The van der Waals surface area contributed by atoms with Gasteiger partial charge in [0.2, 0.25) is 0 Å². The van der Waals surface area contributed by atoms with Crippen LogP contribution in [0.2, 0.25) is 0 Å². The third-order valence-electron chi connectivity index (χ3n) is 4.37. The SMILES string of the molecule is O=C1CCCC2=C1C(c1ccncc1)C1SCCC1=N2. The van der Waals surface area contributed by atoms with Crippen LogP contribution in [-0.2, 0) is 4.79 Å². The van der Waals surface area contributed by atoms with Crippen LogP contribution in [0.1, 0.15) is 37.2 Å². The van der Waals surface area contributed by atoms with E-state index >= 15 is 0 Å². The first-order chi connectivity index (χ1) is 9.84. The zero-order valence-electron chi connectivity index (χ0n) is 11.2. The molecule has 2 unspecified atom stereocenters. The van der Waals surface area contributed by atoms with Crippen molar-refractivity contribution in [3.8, 4) is 0 Å². The molecule has 1 aliphatic carbocycles. The monoisotopic (exact) mass is 284 g/mol. The molecule has 2 atom stereocenters. The number of allylic oxidation sites excluding steroid dienone is 2. The predicted octanol–water partition coefficient (Wildman–Crippen LogP) is 3.13. The Bertz CT molecular complexity index is 621. The van der Waals surface area contributed by atoms with Crippen LogP contribution in [0.25, 0.3) is 0 Å². The molecule has 0 saturated carbocycles. The number of fused-ring (bicyclic) bond motifs is 1. The van der Waals surface area contributed by atoms with Crippen LogP contribution in [-0.4, -0.2) is 27.5 Å². The van der Waals surface area contributed by atoms with E-state index in [1.165, 1.54) is 11.3 Å². The molecule has 102 valence electrons. The Balaban J connectivity index is 1.87. The molecule has 3 aliphatic rings. The van der Waals surface area contributed by atoms with Crippen LogP contribution in [0.5, 0.6) is 0 Å². The molecular formula is C16H16N2OS. The fourth-order valence-corrected chi connectivity index (χ4v) is 4.92. The largest absolute Gasteiger partial charge is 0.294 e. The molecule has 4 heteroatoms. The summed E-state index contributed by atoms with van der Waals surface area (Å²) in [7, 11) is 0. The molecule has 0 radical (unpaired) electrons. The molecule has 3 heterocycles. The maximum absolute atomic E-state index is 12.4. The summed E-state index contributed by atoms with van der Waals surface area (Å²) in [5.74, 6) is 1.63. The van der Waals surface area contributed by atoms with Gasteiger partial charge in [0.25, 0.3) is 0 Å². The van der Waals surface area contributed by atoms with E-state index in [0.29, 0.717) is 17.5 Å². The summed E-state index contributed by atoms with van der Waals surface area (Å²) in [4.78, 5) is 21.4. The zero-order valence-corrected chi connectivity index (χ0v) is 12.0. The average Bonchev–Trinajstić information content (AvgIpc) is 2.94. The lowest BCUT2D eigenvalue weighted by Gasteiger charge is -2.33. The summed E-state index contributed by atoms with van der Waals surface area (Å²) in [6.07, 6.45) is 7.32. The maximum atomic E-state index is 12.4. The second-order valence-electron chi connectivity index (χ2n) is 5.54. The topological polar surface area (TPSA) is 42.3 Å². The second-order valence-corrected chi connectivity index (χ2v) is 6.79. The van der Waals surface area contributed by atoms with Gasteiger partial charge < -0.3 is 0 Å². The number of carbonyl (C=O) groups excluding carboxylic acids is 1. The van der Waals surface area contributed by atoms with E-state index in [2.05, 4.69) is 17.1 Å². The van der Waals surface area contributed by atoms with E-state index in [0.717, 1.165) is 36.3 Å². The molecular weight excluding hydrogens is 268 g/mol. The third kappa shape index (κ3) is 1.85. The van der Waals surface area contributed by atoms with Crippen LogP contribution in [0.15, 0.2) is 40.8 Å². The Morgan fingerprint density at radius 3 is 2.85 bits per heavy atom. The minimum absolute atomic E-state index is 0.195. The Morgan fingerprint density at radius 1 is 1.15 bits per heavy atom. The highest BCUT2D eigenvalue weighted by molar-refractivity contribution is 8.01. The van der Waals surface area contributed by atoms with Crippen LogP contribution < -0.4 is 0 Å². The molecule has 0 bridgehead atoms. The lowest BCUT2D eigenvalue weighted by Crippen LogP contribution is -2.32. The van der Waals surface area contributed by atoms with E-state index in [-0.39, 0.29) is 5.92 Å². The summed E-state index contributed by atoms with van der Waals surface area (Å²) in [5.41, 5.74) is 4.57. The Kier molecular flexibility index (Phi) is 2.99. The van der Waals surface area contributed by atoms with Gasteiger partial charge in [-0.2, -0.15) is 11.8 Å². The van der Waals surface area contributed by atoms with Gasteiger partial charge in [0, 0.05) is 41.7 Å². The molecule has 0 amide bonds. The van der Waals surface area contributed by atoms with Crippen LogP contribution >= 0.6 is 11.8 Å². The van der Waals surface area contributed by atoms with Crippen molar-refractivity contribution >= 4 is 23.3 Å². The number of rotatable bonds is 1. The first-order valence-corrected chi connectivity index (χ1v) is 8.24. The third-order valence-corrected chi connectivity index (χ3v) is 5.71. The van der Waals surface area contributed by atoms with Crippen molar-refractivity contribution in [2.24, 2.45) is 4.99 Å². The maximum Gasteiger partial charge on any atom is 0.161 e. The van der Waals surface area contributed by atoms with Gasteiger partial charge in [-0.05, 0) is 42.7 Å². The van der Waals surface area contributed by atoms with E-state index in [9.17, 15) is 4.79 Å². The summed E-state index contributed by atoms with van der Waals surface area (Å²) in [6, 6.07) is 4.11. The smallest absolute Gasteiger partial charge is 0.161 e. The summed E-state index contributed by atoms with van der Waals surface area (Å²) in [5, 5.41) is 0.359. The fourth-order valence-electron chi connectivity index (χ4n) is 3.49. The molecule has 20 heavy (non-hydrogen) atoms. The number of carbonyl (C=O) groups is 1. The first kappa shape index (κ1) is 12.3.